The molecule has 0 unspecified atom stereocenters. The zero-order valence-electron chi connectivity index (χ0n) is 15.1. The Hall–Kier alpha value is -2.31. The van der Waals surface area contributed by atoms with Crippen molar-refractivity contribution in [2.45, 2.75) is 38.5 Å². The van der Waals surface area contributed by atoms with Crippen molar-refractivity contribution in [2.75, 3.05) is 32.8 Å². The lowest BCUT2D eigenvalue weighted by Crippen LogP contribution is -2.37. The van der Waals surface area contributed by atoms with Crippen LogP contribution < -0.4 is 4.74 Å². The van der Waals surface area contributed by atoms with Crippen LogP contribution in [0.5, 0.6) is 5.88 Å². The fourth-order valence-corrected chi connectivity index (χ4v) is 3.66. The Morgan fingerprint density at radius 2 is 1.85 bits per heavy atom. The maximum absolute atomic E-state index is 12.3. The zero-order chi connectivity index (χ0) is 18.4. The van der Waals surface area contributed by atoms with Gasteiger partial charge >= 0.3 is 6.09 Å². The van der Waals surface area contributed by atoms with Crippen molar-refractivity contribution in [3.63, 3.8) is 0 Å². The molecule has 2 aliphatic rings. The normalized spacial score (nSPS) is 18.2. The molecule has 0 radical (unpaired) electrons. The molecule has 3 rings (SSSR count). The molecule has 2 fully saturated rings. The summed E-state index contributed by atoms with van der Waals surface area (Å²) < 4.78 is 5.68. The van der Waals surface area contributed by atoms with Crippen LogP contribution in [0.1, 0.15) is 48.9 Å². The Kier molecular flexibility index (Phi) is 6.30. The molecule has 26 heavy (non-hydrogen) atoms. The van der Waals surface area contributed by atoms with Gasteiger partial charge in [-0.1, -0.05) is 0 Å². The number of amides is 2. The van der Waals surface area contributed by atoms with E-state index < -0.39 is 6.09 Å². The zero-order valence-corrected chi connectivity index (χ0v) is 15.1. The summed E-state index contributed by atoms with van der Waals surface area (Å²) in [6.07, 6.45) is 6.76. The number of carbonyl (C=O) groups is 2. The minimum absolute atomic E-state index is 0.0502. The molecule has 7 nitrogen and oxygen atoms in total. The van der Waals surface area contributed by atoms with Crippen LogP contribution in [0.3, 0.4) is 0 Å². The number of hydrogen-bond acceptors (Lipinski definition) is 4. The Labute approximate surface area is 153 Å². The molecule has 2 aliphatic heterocycles. The van der Waals surface area contributed by atoms with Gasteiger partial charge in [0, 0.05) is 38.4 Å². The smallest absolute Gasteiger partial charge is 0.407 e. The van der Waals surface area contributed by atoms with Crippen LogP contribution in [0.15, 0.2) is 18.3 Å². The predicted molar refractivity (Wildman–Crippen MR) is 96.4 cm³/mol. The molecule has 0 bridgehead atoms. The fourth-order valence-electron chi connectivity index (χ4n) is 3.66. The lowest BCUT2D eigenvalue weighted by molar-refractivity contribution is 0.0792. The monoisotopic (exact) mass is 361 g/mol. The number of nitrogens with zero attached hydrogens (tertiary/aromatic N) is 3. The van der Waals surface area contributed by atoms with Gasteiger partial charge in [0.05, 0.1) is 12.2 Å². The first-order chi connectivity index (χ1) is 12.6. The third-order valence-corrected chi connectivity index (χ3v) is 5.27. The van der Waals surface area contributed by atoms with Gasteiger partial charge in [-0.2, -0.15) is 0 Å². The average molecular weight is 361 g/mol. The van der Waals surface area contributed by atoms with Gasteiger partial charge < -0.3 is 19.6 Å². The number of aromatic nitrogens is 1. The van der Waals surface area contributed by atoms with Gasteiger partial charge in [-0.15, -0.1) is 0 Å². The molecule has 0 atom stereocenters. The van der Waals surface area contributed by atoms with Crippen molar-refractivity contribution in [3.8, 4) is 5.88 Å². The van der Waals surface area contributed by atoms with Crippen LogP contribution in [0, 0.1) is 5.92 Å². The molecular weight excluding hydrogens is 334 g/mol. The Morgan fingerprint density at radius 3 is 2.46 bits per heavy atom. The van der Waals surface area contributed by atoms with Crippen molar-refractivity contribution in [1.82, 2.24) is 14.8 Å². The molecule has 142 valence electrons. The SMILES string of the molecule is O=C(O)N1CCC(CCCOc2ccc(C(=O)N3CCCC3)cn2)CC1. The molecule has 7 heteroatoms. The summed E-state index contributed by atoms with van der Waals surface area (Å²) in [6, 6.07) is 3.54. The summed E-state index contributed by atoms with van der Waals surface area (Å²) in [5.41, 5.74) is 0.615. The quantitative estimate of drug-likeness (QED) is 0.788. The molecule has 0 aliphatic carbocycles. The van der Waals surface area contributed by atoms with Crippen LogP contribution >= 0.6 is 0 Å². The van der Waals surface area contributed by atoms with E-state index in [1.165, 1.54) is 4.90 Å². The topological polar surface area (TPSA) is 83.0 Å². The molecular formula is C19H27N3O4. The van der Waals surface area contributed by atoms with Crippen molar-refractivity contribution in [1.29, 1.82) is 0 Å². The Morgan fingerprint density at radius 1 is 1.12 bits per heavy atom. The standard InChI is InChI=1S/C19H27N3O4/c23-18(21-9-1-2-10-21)16-5-6-17(20-14-16)26-13-3-4-15-7-11-22(12-8-15)19(24)25/h5-6,14-15H,1-4,7-13H2,(H,24,25). The number of pyridine rings is 1. The number of rotatable bonds is 6. The third-order valence-electron chi connectivity index (χ3n) is 5.27. The van der Waals surface area contributed by atoms with E-state index in [9.17, 15) is 9.59 Å². The molecule has 1 N–H and O–H groups in total. The number of hydrogen-bond donors (Lipinski definition) is 1. The molecule has 3 heterocycles. The van der Waals surface area contributed by atoms with E-state index in [2.05, 4.69) is 4.98 Å². The molecule has 0 spiro atoms. The number of ether oxygens (including phenoxy) is 1. The Bertz CT molecular complexity index is 606. The minimum atomic E-state index is -0.815. The first kappa shape index (κ1) is 18.5. The van der Waals surface area contributed by atoms with Gasteiger partial charge in [-0.3, -0.25) is 4.79 Å². The minimum Gasteiger partial charge on any atom is -0.478 e. The molecule has 0 aromatic carbocycles. The van der Waals surface area contributed by atoms with Crippen molar-refractivity contribution >= 4 is 12.0 Å². The third kappa shape index (κ3) is 4.86. The van der Waals surface area contributed by atoms with E-state index in [0.29, 0.717) is 37.1 Å². The second-order valence-electron chi connectivity index (χ2n) is 7.09. The van der Waals surface area contributed by atoms with Crippen LogP contribution in [-0.2, 0) is 0 Å². The first-order valence-electron chi connectivity index (χ1n) is 9.49. The van der Waals surface area contributed by atoms with Gasteiger partial charge in [0.2, 0.25) is 5.88 Å². The highest BCUT2D eigenvalue weighted by Gasteiger charge is 2.22. The second-order valence-corrected chi connectivity index (χ2v) is 7.09. The van der Waals surface area contributed by atoms with E-state index >= 15 is 0 Å². The maximum Gasteiger partial charge on any atom is 0.407 e. The lowest BCUT2D eigenvalue weighted by atomic mass is 9.92. The highest BCUT2D eigenvalue weighted by Crippen LogP contribution is 2.22. The van der Waals surface area contributed by atoms with E-state index in [1.54, 1.807) is 18.3 Å². The molecule has 0 saturated carbocycles. The molecule has 2 amide bonds. The highest BCUT2D eigenvalue weighted by molar-refractivity contribution is 5.94. The first-order valence-corrected chi connectivity index (χ1v) is 9.49. The van der Waals surface area contributed by atoms with Crippen molar-refractivity contribution in [3.05, 3.63) is 23.9 Å². The number of likely N-dealkylation sites (tertiary alicyclic amines) is 2. The number of carbonyl (C=O) groups excluding carboxylic acids is 1. The fraction of sp³-hybridized carbons (Fsp3) is 0.632. The molecule has 1 aromatic heterocycles. The van der Waals surface area contributed by atoms with Crippen molar-refractivity contribution < 1.29 is 19.4 Å². The van der Waals surface area contributed by atoms with E-state index in [0.717, 1.165) is 51.6 Å². The van der Waals surface area contributed by atoms with Crippen LogP contribution in [0.4, 0.5) is 4.79 Å². The van der Waals surface area contributed by atoms with Crippen LogP contribution in [0.25, 0.3) is 0 Å². The highest BCUT2D eigenvalue weighted by atomic mass is 16.5. The summed E-state index contributed by atoms with van der Waals surface area (Å²) in [5, 5.41) is 8.96. The number of carboxylic acid groups (broad SMARTS) is 1. The van der Waals surface area contributed by atoms with Gasteiger partial charge in [0.25, 0.3) is 5.91 Å². The summed E-state index contributed by atoms with van der Waals surface area (Å²) in [5.74, 6) is 1.17. The summed E-state index contributed by atoms with van der Waals surface area (Å²) in [7, 11) is 0. The summed E-state index contributed by atoms with van der Waals surface area (Å²) >= 11 is 0. The van der Waals surface area contributed by atoms with Crippen LogP contribution in [-0.4, -0.2) is 64.7 Å². The van der Waals surface area contributed by atoms with Crippen molar-refractivity contribution in [2.24, 2.45) is 5.92 Å². The van der Waals surface area contributed by atoms with Gasteiger partial charge in [-0.25, -0.2) is 9.78 Å². The molecule has 1 aromatic rings. The predicted octanol–water partition coefficient (Wildman–Crippen LogP) is 2.87. The van der Waals surface area contributed by atoms with E-state index in [1.807, 2.05) is 4.90 Å². The summed E-state index contributed by atoms with van der Waals surface area (Å²) in [4.78, 5) is 30.8. The molecule has 2 saturated heterocycles. The lowest BCUT2D eigenvalue weighted by Gasteiger charge is -2.29. The van der Waals surface area contributed by atoms with E-state index in [4.69, 9.17) is 9.84 Å². The average Bonchev–Trinajstić information content (AvgIpc) is 3.20. The second kappa shape index (κ2) is 8.87. The Balaban J connectivity index is 1.35. The van der Waals surface area contributed by atoms with E-state index in [-0.39, 0.29) is 5.91 Å². The summed E-state index contributed by atoms with van der Waals surface area (Å²) in [6.45, 7) is 3.53. The van der Waals surface area contributed by atoms with Gasteiger partial charge in [-0.05, 0) is 50.5 Å². The van der Waals surface area contributed by atoms with Gasteiger partial charge in [0.15, 0.2) is 0 Å². The van der Waals surface area contributed by atoms with Gasteiger partial charge in [0.1, 0.15) is 0 Å². The van der Waals surface area contributed by atoms with Crippen LogP contribution in [0.2, 0.25) is 0 Å². The number of piperidine rings is 1. The maximum atomic E-state index is 12.3. The largest absolute Gasteiger partial charge is 0.478 e.